The molecular formula is C16H27NO3. The van der Waals surface area contributed by atoms with Gasteiger partial charge in [0.25, 0.3) is 0 Å². The van der Waals surface area contributed by atoms with Crippen molar-refractivity contribution in [2.45, 2.75) is 59.9 Å². The summed E-state index contributed by atoms with van der Waals surface area (Å²) in [4.78, 5) is 22.9. The molecule has 114 valence electrons. The number of aliphatic carboxylic acids is 1. The number of nitrogens with one attached hydrogen (secondary N) is 1. The standard InChI is InChI=1S/C16H27NO3/c1-6-13(5)15(16(19)20)17-14(18)10-12(4)9-7-8-11(2)3/h8,10,13,15H,6-7,9H2,1-5H3,(H,17,18)(H,19,20). The maximum absolute atomic E-state index is 11.8. The molecule has 0 aromatic heterocycles. The maximum atomic E-state index is 11.8. The fraction of sp³-hybridized carbons (Fsp3) is 0.625. The molecule has 2 atom stereocenters. The van der Waals surface area contributed by atoms with Crippen LogP contribution in [0.2, 0.25) is 0 Å². The molecule has 0 aliphatic carbocycles. The monoisotopic (exact) mass is 281 g/mol. The second kappa shape index (κ2) is 9.34. The molecule has 0 rings (SSSR count). The number of carboxylic acids is 1. The maximum Gasteiger partial charge on any atom is 0.326 e. The van der Waals surface area contributed by atoms with Crippen molar-refractivity contribution >= 4 is 11.9 Å². The van der Waals surface area contributed by atoms with Gasteiger partial charge in [0, 0.05) is 6.08 Å². The van der Waals surface area contributed by atoms with Crippen LogP contribution in [-0.4, -0.2) is 23.0 Å². The molecule has 20 heavy (non-hydrogen) atoms. The molecule has 0 aliphatic heterocycles. The van der Waals surface area contributed by atoms with E-state index in [1.165, 1.54) is 11.6 Å². The lowest BCUT2D eigenvalue weighted by molar-refractivity contribution is -0.142. The fourth-order valence-corrected chi connectivity index (χ4v) is 1.76. The van der Waals surface area contributed by atoms with Crippen molar-refractivity contribution in [3.63, 3.8) is 0 Å². The van der Waals surface area contributed by atoms with Gasteiger partial charge in [-0.3, -0.25) is 4.79 Å². The van der Waals surface area contributed by atoms with E-state index in [2.05, 4.69) is 11.4 Å². The molecule has 1 amide bonds. The molecule has 0 saturated heterocycles. The number of amides is 1. The molecule has 0 saturated carbocycles. The molecule has 0 radical (unpaired) electrons. The van der Waals surface area contributed by atoms with E-state index in [-0.39, 0.29) is 11.8 Å². The lowest BCUT2D eigenvalue weighted by atomic mass is 9.99. The van der Waals surface area contributed by atoms with Crippen molar-refractivity contribution in [3.05, 3.63) is 23.3 Å². The Balaban J connectivity index is 4.51. The van der Waals surface area contributed by atoms with Gasteiger partial charge in [-0.05, 0) is 39.5 Å². The van der Waals surface area contributed by atoms with Crippen LogP contribution in [0.4, 0.5) is 0 Å². The third kappa shape index (κ3) is 7.77. The van der Waals surface area contributed by atoms with E-state index >= 15 is 0 Å². The first-order valence-corrected chi connectivity index (χ1v) is 7.11. The molecule has 0 heterocycles. The van der Waals surface area contributed by atoms with E-state index in [0.29, 0.717) is 6.42 Å². The average Bonchev–Trinajstić information content (AvgIpc) is 2.34. The van der Waals surface area contributed by atoms with Crippen LogP contribution in [0.25, 0.3) is 0 Å². The third-order valence-corrected chi connectivity index (χ3v) is 3.25. The summed E-state index contributed by atoms with van der Waals surface area (Å²) >= 11 is 0. The van der Waals surface area contributed by atoms with Crippen LogP contribution < -0.4 is 5.32 Å². The predicted octanol–water partition coefficient (Wildman–Crippen LogP) is 3.29. The summed E-state index contributed by atoms with van der Waals surface area (Å²) in [5.74, 6) is -1.40. The van der Waals surface area contributed by atoms with Gasteiger partial charge < -0.3 is 10.4 Å². The van der Waals surface area contributed by atoms with E-state index < -0.39 is 12.0 Å². The van der Waals surface area contributed by atoms with E-state index in [1.54, 1.807) is 0 Å². The highest BCUT2D eigenvalue weighted by Gasteiger charge is 2.24. The minimum absolute atomic E-state index is 0.0872. The summed E-state index contributed by atoms with van der Waals surface area (Å²) in [6.07, 6.45) is 6.03. The zero-order chi connectivity index (χ0) is 15.7. The zero-order valence-electron chi connectivity index (χ0n) is 13.2. The largest absolute Gasteiger partial charge is 0.480 e. The van der Waals surface area contributed by atoms with Gasteiger partial charge in [0.1, 0.15) is 6.04 Å². The highest BCUT2D eigenvalue weighted by molar-refractivity contribution is 5.91. The number of hydrogen-bond acceptors (Lipinski definition) is 2. The summed E-state index contributed by atoms with van der Waals surface area (Å²) in [7, 11) is 0. The highest BCUT2D eigenvalue weighted by atomic mass is 16.4. The average molecular weight is 281 g/mol. The number of hydrogen-bond donors (Lipinski definition) is 2. The summed E-state index contributed by atoms with van der Waals surface area (Å²) in [5, 5.41) is 11.7. The molecule has 0 aromatic carbocycles. The normalized spacial score (nSPS) is 14.3. The Kier molecular flexibility index (Phi) is 8.61. The van der Waals surface area contributed by atoms with E-state index in [9.17, 15) is 9.59 Å². The van der Waals surface area contributed by atoms with Gasteiger partial charge in [-0.1, -0.05) is 37.5 Å². The van der Waals surface area contributed by atoms with Crippen LogP contribution in [0.5, 0.6) is 0 Å². The second-order valence-electron chi connectivity index (χ2n) is 5.52. The minimum Gasteiger partial charge on any atom is -0.480 e. The van der Waals surface area contributed by atoms with Crippen molar-refractivity contribution in [2.75, 3.05) is 0 Å². The molecule has 2 N–H and O–H groups in total. The van der Waals surface area contributed by atoms with E-state index in [4.69, 9.17) is 5.11 Å². The Labute approximate surface area is 122 Å². The molecule has 2 unspecified atom stereocenters. The first-order chi connectivity index (χ1) is 9.27. The van der Waals surface area contributed by atoms with Crippen LogP contribution in [-0.2, 0) is 9.59 Å². The SMILES string of the molecule is CCC(C)C(NC(=O)C=C(C)CCC=C(C)C)C(=O)O. The van der Waals surface area contributed by atoms with E-state index in [0.717, 1.165) is 18.4 Å². The fourth-order valence-electron chi connectivity index (χ4n) is 1.76. The highest BCUT2D eigenvalue weighted by Crippen LogP contribution is 2.09. The number of carbonyl (C=O) groups excluding carboxylic acids is 1. The quantitative estimate of drug-likeness (QED) is 0.530. The lowest BCUT2D eigenvalue weighted by Crippen LogP contribution is -2.44. The minimum atomic E-state index is -0.983. The summed E-state index contributed by atoms with van der Waals surface area (Å²) < 4.78 is 0. The first kappa shape index (κ1) is 18.4. The zero-order valence-corrected chi connectivity index (χ0v) is 13.2. The van der Waals surface area contributed by atoms with Crippen LogP contribution in [0, 0.1) is 5.92 Å². The topological polar surface area (TPSA) is 66.4 Å². The number of carboxylic acid groups (broad SMARTS) is 1. The molecule has 0 aromatic rings. The Morgan fingerprint density at radius 3 is 2.30 bits per heavy atom. The van der Waals surface area contributed by atoms with Gasteiger partial charge in [-0.15, -0.1) is 0 Å². The van der Waals surface area contributed by atoms with Crippen molar-refractivity contribution in [1.82, 2.24) is 5.32 Å². The van der Waals surface area contributed by atoms with Crippen LogP contribution in [0.1, 0.15) is 53.9 Å². The first-order valence-electron chi connectivity index (χ1n) is 7.11. The van der Waals surface area contributed by atoms with Crippen molar-refractivity contribution in [2.24, 2.45) is 5.92 Å². The molecule has 0 bridgehead atoms. The molecule has 0 fully saturated rings. The second-order valence-corrected chi connectivity index (χ2v) is 5.52. The summed E-state index contributed by atoms with van der Waals surface area (Å²) in [5.41, 5.74) is 2.21. The summed E-state index contributed by atoms with van der Waals surface area (Å²) in [6, 6.07) is -0.825. The molecule has 4 heteroatoms. The van der Waals surface area contributed by atoms with Crippen LogP contribution >= 0.6 is 0 Å². The van der Waals surface area contributed by atoms with Gasteiger partial charge in [0.15, 0.2) is 0 Å². The third-order valence-electron chi connectivity index (χ3n) is 3.25. The summed E-state index contributed by atoms with van der Waals surface area (Å²) in [6.45, 7) is 9.69. The Morgan fingerprint density at radius 1 is 1.25 bits per heavy atom. The van der Waals surface area contributed by atoms with Gasteiger partial charge >= 0.3 is 5.97 Å². The Morgan fingerprint density at radius 2 is 1.85 bits per heavy atom. The van der Waals surface area contributed by atoms with Gasteiger partial charge in [-0.2, -0.15) is 0 Å². The van der Waals surface area contributed by atoms with Crippen molar-refractivity contribution in [1.29, 1.82) is 0 Å². The van der Waals surface area contributed by atoms with Gasteiger partial charge in [0.05, 0.1) is 0 Å². The number of rotatable bonds is 8. The van der Waals surface area contributed by atoms with Gasteiger partial charge in [0.2, 0.25) is 5.91 Å². The molecule has 0 aliphatic rings. The van der Waals surface area contributed by atoms with Crippen molar-refractivity contribution < 1.29 is 14.7 Å². The Bertz CT molecular complexity index is 393. The van der Waals surface area contributed by atoms with Crippen LogP contribution in [0.3, 0.4) is 0 Å². The molecule has 0 spiro atoms. The number of carbonyl (C=O) groups is 2. The van der Waals surface area contributed by atoms with Gasteiger partial charge in [-0.25, -0.2) is 4.79 Å². The van der Waals surface area contributed by atoms with E-state index in [1.807, 2.05) is 34.6 Å². The van der Waals surface area contributed by atoms with Crippen LogP contribution in [0.15, 0.2) is 23.3 Å². The molecular weight excluding hydrogens is 254 g/mol. The molecule has 4 nitrogen and oxygen atoms in total. The van der Waals surface area contributed by atoms with Crippen molar-refractivity contribution in [3.8, 4) is 0 Å². The predicted molar refractivity (Wildman–Crippen MR) is 81.4 cm³/mol. The number of allylic oxidation sites excluding steroid dienone is 3. The smallest absolute Gasteiger partial charge is 0.326 e. The lowest BCUT2D eigenvalue weighted by Gasteiger charge is -2.19. The Hall–Kier alpha value is -1.58.